The van der Waals surface area contributed by atoms with Gasteiger partial charge in [0.05, 0.1) is 26.0 Å². The van der Waals surface area contributed by atoms with Gasteiger partial charge in [0, 0.05) is 5.88 Å². The normalized spacial score (nSPS) is 30.2. The van der Waals surface area contributed by atoms with E-state index >= 15 is 0 Å². The van der Waals surface area contributed by atoms with E-state index in [1.807, 2.05) is 0 Å². The van der Waals surface area contributed by atoms with E-state index < -0.39 is 37.3 Å². The summed E-state index contributed by atoms with van der Waals surface area (Å²) in [5.41, 5.74) is 11.0. The number of ether oxygens (including phenoxy) is 2. The molecule has 1 aromatic heterocycles. The molecule has 24 heavy (non-hydrogen) atoms. The predicted octanol–water partition coefficient (Wildman–Crippen LogP) is -2.71. The lowest BCUT2D eigenvalue weighted by atomic mass is 9.97. The number of aromatic nitrogens is 3. The SMILES string of the molecule is NC(N)=NCc1cn(C2C(OCCCl)OC(CO)C(O)C2O)nn1. The summed E-state index contributed by atoms with van der Waals surface area (Å²) in [7, 11) is 0. The minimum absolute atomic E-state index is 0.0879. The molecular weight excluding hydrogens is 344 g/mol. The molecule has 1 fully saturated rings. The summed E-state index contributed by atoms with van der Waals surface area (Å²) in [5.74, 6) is 0.123. The molecule has 1 aliphatic rings. The summed E-state index contributed by atoms with van der Waals surface area (Å²) >= 11 is 5.61. The largest absolute Gasteiger partial charge is 0.394 e. The molecule has 0 amide bonds. The molecule has 0 aliphatic carbocycles. The first-order chi connectivity index (χ1) is 11.5. The third-order valence-corrected chi connectivity index (χ3v) is 3.65. The van der Waals surface area contributed by atoms with Crippen molar-refractivity contribution in [2.45, 2.75) is 37.2 Å². The molecule has 5 atom stereocenters. The van der Waals surface area contributed by atoms with E-state index in [1.54, 1.807) is 0 Å². The minimum atomic E-state index is -1.32. The van der Waals surface area contributed by atoms with Crippen LogP contribution in [0.4, 0.5) is 0 Å². The lowest BCUT2D eigenvalue weighted by Crippen LogP contribution is -2.57. The second-order valence-corrected chi connectivity index (χ2v) is 5.57. The molecule has 5 unspecified atom stereocenters. The molecule has 0 aromatic carbocycles. The highest BCUT2D eigenvalue weighted by atomic mass is 35.5. The van der Waals surface area contributed by atoms with Crippen LogP contribution >= 0.6 is 11.6 Å². The van der Waals surface area contributed by atoms with Gasteiger partial charge in [-0.05, 0) is 0 Å². The number of hydrogen-bond acceptors (Lipinski definition) is 8. The van der Waals surface area contributed by atoms with Gasteiger partial charge in [0.2, 0.25) is 0 Å². The van der Waals surface area contributed by atoms with Crippen LogP contribution in [0.5, 0.6) is 0 Å². The van der Waals surface area contributed by atoms with Crippen molar-refractivity contribution in [3.8, 4) is 0 Å². The molecule has 12 heteroatoms. The molecule has 1 aromatic rings. The molecule has 2 rings (SSSR count). The topological polar surface area (TPSA) is 174 Å². The Bertz CT molecular complexity index is 554. The Morgan fingerprint density at radius 3 is 2.79 bits per heavy atom. The first-order valence-electron chi connectivity index (χ1n) is 7.24. The maximum atomic E-state index is 10.4. The Kier molecular flexibility index (Phi) is 6.71. The highest BCUT2D eigenvalue weighted by Crippen LogP contribution is 2.30. The Morgan fingerprint density at radius 1 is 1.42 bits per heavy atom. The molecule has 0 bridgehead atoms. The van der Waals surface area contributed by atoms with E-state index in [0.29, 0.717) is 5.69 Å². The number of alkyl halides is 1. The number of aliphatic imine (C=N–C) groups is 1. The van der Waals surface area contributed by atoms with Gasteiger partial charge >= 0.3 is 0 Å². The van der Waals surface area contributed by atoms with E-state index in [-0.39, 0.29) is 25.0 Å². The highest BCUT2D eigenvalue weighted by Gasteiger charge is 2.46. The van der Waals surface area contributed by atoms with Crippen molar-refractivity contribution in [1.82, 2.24) is 15.0 Å². The van der Waals surface area contributed by atoms with Crippen molar-refractivity contribution >= 4 is 17.6 Å². The van der Waals surface area contributed by atoms with Gasteiger partial charge in [0.1, 0.15) is 30.0 Å². The second-order valence-electron chi connectivity index (χ2n) is 5.19. The third kappa shape index (κ3) is 4.32. The summed E-state index contributed by atoms with van der Waals surface area (Å²) in [5, 5.41) is 37.5. The third-order valence-electron chi connectivity index (χ3n) is 3.49. The highest BCUT2D eigenvalue weighted by molar-refractivity contribution is 6.17. The Morgan fingerprint density at radius 2 is 2.17 bits per heavy atom. The molecule has 1 saturated heterocycles. The van der Waals surface area contributed by atoms with Gasteiger partial charge in [0.15, 0.2) is 12.2 Å². The Hall–Kier alpha value is -1.50. The standard InChI is InChI=1S/C12H21ClN6O5/c13-1-2-23-11-8(10(22)9(21)7(5-20)24-11)19-4-6(17-18-19)3-16-12(14)15/h4,7-11,20-22H,1-3,5H2,(H4,14,15,16). The van der Waals surface area contributed by atoms with Gasteiger partial charge in [-0.25, -0.2) is 9.67 Å². The smallest absolute Gasteiger partial charge is 0.186 e. The number of hydrogen-bond donors (Lipinski definition) is 5. The average Bonchev–Trinajstić information content (AvgIpc) is 3.02. The van der Waals surface area contributed by atoms with Gasteiger partial charge < -0.3 is 36.3 Å². The number of aliphatic hydroxyl groups excluding tert-OH is 3. The number of nitrogens with zero attached hydrogens (tertiary/aromatic N) is 4. The number of guanidine groups is 1. The number of rotatable bonds is 7. The molecule has 0 saturated carbocycles. The summed E-state index contributed by atoms with van der Waals surface area (Å²) in [6.45, 7) is -0.209. The number of halogens is 1. The van der Waals surface area contributed by atoms with Crippen molar-refractivity contribution in [3.05, 3.63) is 11.9 Å². The maximum Gasteiger partial charge on any atom is 0.186 e. The molecule has 7 N–H and O–H groups in total. The quantitative estimate of drug-likeness (QED) is 0.195. The molecule has 11 nitrogen and oxygen atoms in total. The van der Waals surface area contributed by atoms with Crippen LogP contribution in [0.1, 0.15) is 11.7 Å². The number of nitrogens with two attached hydrogens (primary N) is 2. The van der Waals surface area contributed by atoms with Crippen molar-refractivity contribution < 1.29 is 24.8 Å². The van der Waals surface area contributed by atoms with Crippen LogP contribution in [-0.2, 0) is 16.0 Å². The van der Waals surface area contributed by atoms with Crippen LogP contribution in [0.15, 0.2) is 11.2 Å². The molecular formula is C12H21ClN6O5. The fraction of sp³-hybridized carbons (Fsp3) is 0.750. The van der Waals surface area contributed by atoms with Crippen LogP contribution < -0.4 is 11.5 Å². The van der Waals surface area contributed by atoms with Gasteiger partial charge in [0.25, 0.3) is 0 Å². The predicted molar refractivity (Wildman–Crippen MR) is 83.0 cm³/mol. The van der Waals surface area contributed by atoms with E-state index in [1.165, 1.54) is 10.9 Å². The monoisotopic (exact) mass is 364 g/mol. The van der Waals surface area contributed by atoms with Crippen molar-refractivity contribution in [1.29, 1.82) is 0 Å². The fourth-order valence-electron chi connectivity index (χ4n) is 2.35. The maximum absolute atomic E-state index is 10.4. The summed E-state index contributed by atoms with van der Waals surface area (Å²) in [4.78, 5) is 3.81. The first-order valence-corrected chi connectivity index (χ1v) is 7.77. The Balaban J connectivity index is 2.21. The van der Waals surface area contributed by atoms with Crippen LogP contribution in [-0.4, -0.2) is 80.0 Å². The molecule has 2 heterocycles. The lowest BCUT2D eigenvalue weighted by Gasteiger charge is -2.41. The zero-order valence-electron chi connectivity index (χ0n) is 12.8. The average molecular weight is 365 g/mol. The molecule has 0 radical (unpaired) electrons. The zero-order chi connectivity index (χ0) is 17.7. The molecule has 0 spiro atoms. The second kappa shape index (κ2) is 8.55. The van der Waals surface area contributed by atoms with Gasteiger partial charge in [-0.2, -0.15) is 0 Å². The molecule has 1 aliphatic heterocycles. The molecule has 136 valence electrons. The first kappa shape index (κ1) is 18.8. The number of aliphatic hydroxyl groups is 3. The zero-order valence-corrected chi connectivity index (χ0v) is 13.5. The van der Waals surface area contributed by atoms with Gasteiger partial charge in [-0.3, -0.25) is 0 Å². The summed E-state index contributed by atoms with van der Waals surface area (Å²) in [6.07, 6.45) is -3.07. The van der Waals surface area contributed by atoms with Gasteiger partial charge in [-0.15, -0.1) is 16.7 Å². The van der Waals surface area contributed by atoms with Crippen molar-refractivity contribution in [2.24, 2.45) is 16.5 Å². The van der Waals surface area contributed by atoms with Crippen LogP contribution in [0.3, 0.4) is 0 Å². The minimum Gasteiger partial charge on any atom is -0.394 e. The van der Waals surface area contributed by atoms with Crippen molar-refractivity contribution in [2.75, 3.05) is 19.1 Å². The van der Waals surface area contributed by atoms with Crippen LogP contribution in [0, 0.1) is 0 Å². The van der Waals surface area contributed by atoms with E-state index in [9.17, 15) is 15.3 Å². The van der Waals surface area contributed by atoms with E-state index in [4.69, 9.17) is 32.5 Å². The van der Waals surface area contributed by atoms with E-state index in [0.717, 1.165) is 0 Å². The fourth-order valence-corrected chi connectivity index (χ4v) is 2.44. The summed E-state index contributed by atoms with van der Waals surface area (Å²) in [6, 6.07) is -0.883. The Labute approximate surface area is 142 Å². The van der Waals surface area contributed by atoms with E-state index in [2.05, 4.69) is 15.3 Å². The van der Waals surface area contributed by atoms with Crippen LogP contribution in [0.2, 0.25) is 0 Å². The van der Waals surface area contributed by atoms with Gasteiger partial charge in [-0.1, -0.05) is 5.21 Å². The summed E-state index contributed by atoms with van der Waals surface area (Å²) < 4.78 is 12.3. The van der Waals surface area contributed by atoms with Crippen LogP contribution in [0.25, 0.3) is 0 Å². The van der Waals surface area contributed by atoms with Crippen molar-refractivity contribution in [3.63, 3.8) is 0 Å². The lowest BCUT2D eigenvalue weighted by molar-refractivity contribution is -0.280.